The molecule has 0 N–H and O–H groups in total. The van der Waals surface area contributed by atoms with Gasteiger partial charge in [-0.2, -0.15) is 18.4 Å². The van der Waals surface area contributed by atoms with E-state index >= 15 is 0 Å². The van der Waals surface area contributed by atoms with E-state index in [4.69, 9.17) is 4.74 Å². The van der Waals surface area contributed by atoms with E-state index in [1.54, 1.807) is 18.3 Å². The molecule has 1 saturated heterocycles. The van der Waals surface area contributed by atoms with Crippen LogP contribution in [0.1, 0.15) is 37.5 Å². The van der Waals surface area contributed by atoms with E-state index in [-0.39, 0.29) is 19.2 Å². The summed E-state index contributed by atoms with van der Waals surface area (Å²) in [7, 11) is 0. The zero-order valence-electron chi connectivity index (χ0n) is 21.5. The van der Waals surface area contributed by atoms with Crippen molar-refractivity contribution >= 4 is 23.3 Å². The molecule has 0 atom stereocenters. The maximum absolute atomic E-state index is 12.4. The lowest BCUT2D eigenvalue weighted by molar-refractivity contribution is -0.204. The number of thiazole rings is 1. The molecule has 0 aliphatic carbocycles. The normalized spacial score (nSPS) is 14.1. The Morgan fingerprint density at radius 2 is 1.97 bits per heavy atom. The third-order valence-corrected chi connectivity index (χ3v) is 7.30. The number of carbonyl (C=O) groups is 2. The summed E-state index contributed by atoms with van der Waals surface area (Å²) in [5.74, 6) is -3.88. The fourth-order valence-electron chi connectivity index (χ4n) is 4.39. The molecule has 2 aromatic carbocycles. The Morgan fingerprint density at radius 3 is 2.62 bits per heavy atom. The lowest BCUT2D eigenvalue weighted by Gasteiger charge is -2.37. The predicted molar refractivity (Wildman–Crippen MR) is 139 cm³/mol. The molecule has 0 unspecified atom stereocenters. The van der Waals surface area contributed by atoms with E-state index in [1.807, 2.05) is 49.9 Å². The number of alkyl halides is 3. The lowest BCUT2D eigenvalue weighted by Crippen LogP contribution is -2.51. The van der Waals surface area contributed by atoms with Gasteiger partial charge in [-0.3, -0.25) is 9.69 Å². The Labute approximate surface area is 227 Å². The first-order chi connectivity index (χ1) is 18.5. The van der Waals surface area contributed by atoms with Crippen LogP contribution in [0.25, 0.3) is 21.0 Å². The predicted octanol–water partition coefficient (Wildman–Crippen LogP) is 5.76. The summed E-state index contributed by atoms with van der Waals surface area (Å²) in [6.07, 6.45) is -2.71. The molecular formula is C28H26F3N3O4S. The van der Waals surface area contributed by atoms with Crippen LogP contribution in [0.5, 0.6) is 5.75 Å². The van der Waals surface area contributed by atoms with Crippen LogP contribution in [0.2, 0.25) is 0 Å². The molecule has 4 rings (SSSR count). The van der Waals surface area contributed by atoms with Crippen LogP contribution in [0.3, 0.4) is 0 Å². The van der Waals surface area contributed by atoms with Crippen molar-refractivity contribution in [1.82, 2.24) is 9.88 Å². The number of nitriles is 1. The molecule has 0 spiro atoms. The van der Waals surface area contributed by atoms with Gasteiger partial charge in [0.15, 0.2) is 0 Å². The van der Waals surface area contributed by atoms with Gasteiger partial charge < -0.3 is 9.47 Å². The fraction of sp³-hybridized carbons (Fsp3) is 0.357. The third-order valence-electron chi connectivity index (χ3n) is 6.22. The van der Waals surface area contributed by atoms with Crippen molar-refractivity contribution < 1.29 is 32.2 Å². The zero-order chi connectivity index (χ0) is 28.3. The Morgan fingerprint density at radius 1 is 1.23 bits per heavy atom. The second kappa shape index (κ2) is 11.6. The Hall–Kier alpha value is -3.75. The van der Waals surface area contributed by atoms with Crippen molar-refractivity contribution in [3.05, 3.63) is 59.3 Å². The van der Waals surface area contributed by atoms with E-state index in [1.165, 1.54) is 11.3 Å². The molecule has 1 aromatic heterocycles. The highest BCUT2D eigenvalue weighted by Gasteiger charge is 2.45. The number of hydrogen-bond donors (Lipinski definition) is 0. The van der Waals surface area contributed by atoms with E-state index in [0.717, 1.165) is 38.6 Å². The van der Waals surface area contributed by atoms with Gasteiger partial charge in [-0.25, -0.2) is 9.78 Å². The first-order valence-electron chi connectivity index (χ1n) is 12.3. The molecule has 0 amide bonds. The molecule has 0 bridgehead atoms. The molecular weight excluding hydrogens is 531 g/mol. The number of benzene rings is 2. The van der Waals surface area contributed by atoms with Gasteiger partial charge in [0.05, 0.1) is 22.5 Å². The number of nitrogens with zero attached hydrogens (tertiary/aromatic N) is 3. The molecule has 204 valence electrons. The number of esters is 2. The van der Waals surface area contributed by atoms with Gasteiger partial charge in [-0.1, -0.05) is 25.1 Å². The summed E-state index contributed by atoms with van der Waals surface area (Å²) in [5, 5.41) is 10.3. The average Bonchev–Trinajstić information content (AvgIpc) is 3.35. The summed E-state index contributed by atoms with van der Waals surface area (Å²) >= 11 is 1.51. The lowest BCUT2D eigenvalue weighted by atomic mass is 9.94. The van der Waals surface area contributed by atoms with Gasteiger partial charge in [0.1, 0.15) is 16.8 Å². The topological polar surface area (TPSA) is 92.5 Å². The number of halogens is 3. The van der Waals surface area contributed by atoms with Crippen LogP contribution in [0.4, 0.5) is 13.2 Å². The van der Waals surface area contributed by atoms with Gasteiger partial charge in [-0.15, -0.1) is 11.3 Å². The van der Waals surface area contributed by atoms with Crippen molar-refractivity contribution in [1.29, 1.82) is 5.26 Å². The van der Waals surface area contributed by atoms with Gasteiger partial charge in [-0.05, 0) is 55.2 Å². The number of hydrogen-bond acceptors (Lipinski definition) is 8. The molecule has 0 radical (unpaired) electrons. The summed E-state index contributed by atoms with van der Waals surface area (Å²) in [5.41, 5.74) is 4.41. The number of likely N-dealkylation sites (tertiary alicyclic amines) is 1. The first kappa shape index (κ1) is 28.3. The SMILES string of the molecule is CCc1c(CN2CC(C(=O)OC(=O)C(F)(F)F)C2)cccc1-c1cnc(-c2ccc(OC(C)C)c(C#N)c2)s1. The third kappa shape index (κ3) is 6.46. The van der Waals surface area contributed by atoms with Crippen LogP contribution in [-0.4, -0.2) is 47.2 Å². The Kier molecular flexibility index (Phi) is 8.37. The van der Waals surface area contributed by atoms with Gasteiger partial charge >= 0.3 is 18.1 Å². The van der Waals surface area contributed by atoms with Crippen molar-refractivity contribution in [2.24, 2.45) is 5.92 Å². The highest BCUT2D eigenvalue weighted by molar-refractivity contribution is 7.18. The minimum Gasteiger partial charge on any atom is -0.490 e. The molecule has 39 heavy (non-hydrogen) atoms. The zero-order valence-corrected chi connectivity index (χ0v) is 22.4. The number of rotatable bonds is 8. The summed E-state index contributed by atoms with van der Waals surface area (Å²) in [4.78, 5) is 30.3. The largest absolute Gasteiger partial charge is 0.491 e. The number of carbonyl (C=O) groups excluding carboxylic acids is 2. The molecule has 0 saturated carbocycles. The molecule has 1 fully saturated rings. The monoisotopic (exact) mass is 557 g/mol. The average molecular weight is 558 g/mol. The quantitative estimate of drug-likeness (QED) is 0.257. The summed E-state index contributed by atoms with van der Waals surface area (Å²) in [6.45, 7) is 6.76. The minimum atomic E-state index is -5.20. The molecule has 3 aromatic rings. The smallest absolute Gasteiger partial charge is 0.490 e. The maximum atomic E-state index is 12.4. The van der Waals surface area contributed by atoms with E-state index in [9.17, 15) is 28.0 Å². The Bertz CT molecular complexity index is 1420. The highest BCUT2D eigenvalue weighted by atomic mass is 32.1. The minimum absolute atomic E-state index is 0.0521. The highest BCUT2D eigenvalue weighted by Crippen LogP contribution is 2.37. The second-order valence-corrected chi connectivity index (χ2v) is 10.4. The molecule has 2 heterocycles. The number of ether oxygens (including phenoxy) is 2. The van der Waals surface area contributed by atoms with Crippen molar-refractivity contribution in [3.63, 3.8) is 0 Å². The molecule has 7 nitrogen and oxygen atoms in total. The van der Waals surface area contributed by atoms with Gasteiger partial charge in [0.25, 0.3) is 0 Å². The summed E-state index contributed by atoms with van der Waals surface area (Å²) < 4.78 is 46.7. The van der Waals surface area contributed by atoms with Crippen LogP contribution < -0.4 is 4.74 Å². The standard InChI is InChI=1S/C28H26F3N3O4S/c1-4-21-18(13-34-14-20(15-34)26(35)38-27(36)28(29,30)31)6-5-7-22(21)24-12-33-25(39-24)17-8-9-23(37-16(2)3)19(10-17)11-32/h5-10,12,16,20H,4,13-15H2,1-3H3. The fourth-order valence-corrected chi connectivity index (χ4v) is 5.36. The van der Waals surface area contributed by atoms with Crippen LogP contribution in [0.15, 0.2) is 42.6 Å². The first-order valence-corrected chi connectivity index (χ1v) is 13.1. The van der Waals surface area contributed by atoms with E-state index in [2.05, 4.69) is 15.8 Å². The number of aromatic nitrogens is 1. The van der Waals surface area contributed by atoms with Crippen LogP contribution in [-0.2, 0) is 27.3 Å². The Balaban J connectivity index is 1.47. The molecule has 11 heteroatoms. The van der Waals surface area contributed by atoms with Crippen molar-refractivity contribution in [2.45, 2.75) is 46.0 Å². The maximum Gasteiger partial charge on any atom is 0.491 e. The van der Waals surface area contributed by atoms with Crippen molar-refractivity contribution in [3.8, 4) is 32.8 Å². The van der Waals surface area contributed by atoms with Gasteiger partial charge in [0, 0.05) is 31.4 Å². The van der Waals surface area contributed by atoms with Crippen LogP contribution >= 0.6 is 11.3 Å². The van der Waals surface area contributed by atoms with Crippen LogP contribution in [0, 0.1) is 17.2 Å². The van der Waals surface area contributed by atoms with E-state index in [0.29, 0.717) is 17.9 Å². The molecule has 1 aliphatic rings. The molecule has 1 aliphatic heterocycles. The summed E-state index contributed by atoms with van der Waals surface area (Å²) in [6, 6.07) is 13.5. The second-order valence-electron chi connectivity index (χ2n) is 9.41. The van der Waals surface area contributed by atoms with E-state index < -0.39 is 24.0 Å². The van der Waals surface area contributed by atoms with Crippen molar-refractivity contribution in [2.75, 3.05) is 13.1 Å². The van der Waals surface area contributed by atoms with Gasteiger partial charge in [0.2, 0.25) is 0 Å².